The number of carbonyl (C=O) groups excluding carboxylic acids is 3. The third-order valence-corrected chi connectivity index (χ3v) is 4.39. The van der Waals surface area contributed by atoms with Crippen molar-refractivity contribution in [1.29, 1.82) is 0 Å². The van der Waals surface area contributed by atoms with Crippen molar-refractivity contribution in [2.24, 2.45) is 5.92 Å². The molecule has 1 aliphatic heterocycles. The lowest BCUT2D eigenvalue weighted by Crippen LogP contribution is -2.29. The molecule has 1 saturated heterocycles. The van der Waals surface area contributed by atoms with Gasteiger partial charge in [-0.25, -0.2) is 18.0 Å². The molecule has 1 atom stereocenters. The highest BCUT2D eigenvalue weighted by Crippen LogP contribution is 2.30. The minimum atomic E-state index is -1.70. The molecule has 28 heavy (non-hydrogen) atoms. The first-order chi connectivity index (χ1) is 13.3. The first-order valence-corrected chi connectivity index (χ1v) is 8.25. The minimum Gasteiger partial charge on any atom is -0.465 e. The van der Waals surface area contributed by atoms with E-state index in [-0.39, 0.29) is 24.2 Å². The smallest absolute Gasteiger partial charge is 0.339 e. The number of hydrogen-bond donors (Lipinski definition) is 1. The van der Waals surface area contributed by atoms with Crippen molar-refractivity contribution in [2.75, 3.05) is 23.9 Å². The number of amides is 2. The van der Waals surface area contributed by atoms with E-state index in [2.05, 4.69) is 5.32 Å². The second-order valence-electron chi connectivity index (χ2n) is 6.13. The molecule has 0 bridgehead atoms. The van der Waals surface area contributed by atoms with Gasteiger partial charge in [0.05, 0.1) is 30.0 Å². The van der Waals surface area contributed by atoms with Crippen molar-refractivity contribution in [3.05, 3.63) is 59.4 Å². The topological polar surface area (TPSA) is 75.7 Å². The molecule has 0 spiro atoms. The number of anilines is 2. The van der Waals surface area contributed by atoms with E-state index >= 15 is 0 Å². The molecular formula is C19H15F3N2O4. The number of methoxy groups -OCH3 is 1. The molecule has 2 aromatic rings. The average Bonchev–Trinajstić information content (AvgIpc) is 3.09. The van der Waals surface area contributed by atoms with Crippen LogP contribution < -0.4 is 10.2 Å². The maximum atomic E-state index is 13.8. The highest BCUT2D eigenvalue weighted by molar-refractivity contribution is 6.07. The van der Waals surface area contributed by atoms with Gasteiger partial charge in [0.1, 0.15) is 0 Å². The summed E-state index contributed by atoms with van der Waals surface area (Å²) in [5, 5.41) is 2.17. The lowest BCUT2D eigenvalue weighted by molar-refractivity contribution is -0.122. The number of ether oxygens (including phenoxy) is 1. The molecule has 0 saturated carbocycles. The van der Waals surface area contributed by atoms with Gasteiger partial charge in [0, 0.05) is 13.0 Å². The van der Waals surface area contributed by atoms with Crippen LogP contribution in [0, 0.1) is 23.4 Å². The number of esters is 1. The van der Waals surface area contributed by atoms with Crippen molar-refractivity contribution in [3.63, 3.8) is 0 Å². The Labute approximate surface area is 157 Å². The zero-order valence-electron chi connectivity index (χ0n) is 14.7. The molecule has 0 aromatic heterocycles. The summed E-state index contributed by atoms with van der Waals surface area (Å²) < 4.78 is 44.8. The molecule has 2 aromatic carbocycles. The van der Waals surface area contributed by atoms with Crippen LogP contribution in [0.5, 0.6) is 0 Å². The fraction of sp³-hybridized carbons (Fsp3) is 0.211. The molecule has 3 rings (SSSR count). The Kier molecular flexibility index (Phi) is 5.34. The Hall–Kier alpha value is -3.36. The standard InChI is InChI=1S/C19H15F3N2O4/c1-28-19(27)11-4-2-3-5-14(11)24-9-10(8-15(24)25)18(26)23-13-7-6-12(20)16(21)17(13)22/h2-7,10H,8-9H2,1H3,(H,23,26). The summed E-state index contributed by atoms with van der Waals surface area (Å²) in [6, 6.07) is 7.84. The molecule has 1 heterocycles. The van der Waals surface area contributed by atoms with Crippen molar-refractivity contribution in [1.82, 2.24) is 0 Å². The summed E-state index contributed by atoms with van der Waals surface area (Å²) >= 11 is 0. The van der Waals surface area contributed by atoms with E-state index in [1.165, 1.54) is 18.1 Å². The number of para-hydroxylation sites is 1. The SMILES string of the molecule is COC(=O)c1ccccc1N1CC(C(=O)Nc2ccc(F)c(F)c2F)CC1=O. The maximum absolute atomic E-state index is 13.8. The zero-order valence-corrected chi connectivity index (χ0v) is 14.7. The molecule has 0 aliphatic carbocycles. The van der Waals surface area contributed by atoms with E-state index in [1.54, 1.807) is 18.2 Å². The quantitative estimate of drug-likeness (QED) is 0.641. The maximum Gasteiger partial charge on any atom is 0.339 e. The molecule has 6 nitrogen and oxygen atoms in total. The van der Waals surface area contributed by atoms with Crippen LogP contribution in [0.25, 0.3) is 0 Å². The van der Waals surface area contributed by atoms with Crippen LogP contribution in [0.1, 0.15) is 16.8 Å². The second kappa shape index (κ2) is 7.71. The summed E-state index contributed by atoms with van der Waals surface area (Å²) in [4.78, 5) is 37.9. The highest BCUT2D eigenvalue weighted by atomic mass is 19.2. The van der Waals surface area contributed by atoms with Crippen LogP contribution in [0.15, 0.2) is 36.4 Å². The molecule has 1 aliphatic rings. The number of benzene rings is 2. The van der Waals surface area contributed by atoms with Gasteiger partial charge in [-0.1, -0.05) is 12.1 Å². The normalized spacial score (nSPS) is 16.2. The summed E-state index contributed by atoms with van der Waals surface area (Å²) in [6.45, 7) is -0.0655. The fourth-order valence-electron chi connectivity index (χ4n) is 2.96. The average molecular weight is 392 g/mol. The Morgan fingerprint density at radius 1 is 1.11 bits per heavy atom. The van der Waals surface area contributed by atoms with Crippen LogP contribution in [0.4, 0.5) is 24.5 Å². The number of nitrogens with one attached hydrogen (secondary N) is 1. The number of hydrogen-bond acceptors (Lipinski definition) is 4. The van der Waals surface area contributed by atoms with Gasteiger partial charge in [0.2, 0.25) is 11.8 Å². The summed E-state index contributed by atoms with van der Waals surface area (Å²) in [5.74, 6) is -7.25. The van der Waals surface area contributed by atoms with Crippen molar-refractivity contribution in [3.8, 4) is 0 Å². The first-order valence-electron chi connectivity index (χ1n) is 8.25. The first kappa shape index (κ1) is 19.4. The second-order valence-corrected chi connectivity index (χ2v) is 6.13. The van der Waals surface area contributed by atoms with E-state index in [0.29, 0.717) is 6.07 Å². The van der Waals surface area contributed by atoms with Gasteiger partial charge in [0.15, 0.2) is 17.5 Å². The van der Waals surface area contributed by atoms with Gasteiger partial charge < -0.3 is 15.0 Å². The third kappa shape index (κ3) is 3.55. The number of rotatable bonds is 4. The molecule has 1 unspecified atom stereocenters. The lowest BCUT2D eigenvalue weighted by atomic mass is 10.1. The van der Waals surface area contributed by atoms with Gasteiger partial charge in [-0.2, -0.15) is 0 Å². The molecule has 9 heteroatoms. The Balaban J connectivity index is 1.79. The van der Waals surface area contributed by atoms with Crippen LogP contribution in [-0.4, -0.2) is 31.4 Å². The van der Waals surface area contributed by atoms with E-state index in [0.717, 1.165) is 6.07 Å². The van der Waals surface area contributed by atoms with Crippen molar-refractivity contribution < 1.29 is 32.3 Å². The predicted octanol–water partition coefficient (Wildman–Crippen LogP) is 2.88. The molecule has 2 amide bonds. The number of nitrogens with zero attached hydrogens (tertiary/aromatic N) is 1. The lowest BCUT2D eigenvalue weighted by Gasteiger charge is -2.19. The zero-order chi connectivity index (χ0) is 20.4. The molecule has 0 radical (unpaired) electrons. The van der Waals surface area contributed by atoms with Gasteiger partial charge >= 0.3 is 5.97 Å². The molecular weight excluding hydrogens is 377 g/mol. The van der Waals surface area contributed by atoms with Gasteiger partial charge in [0.25, 0.3) is 0 Å². The van der Waals surface area contributed by atoms with Crippen LogP contribution in [0.3, 0.4) is 0 Å². The van der Waals surface area contributed by atoms with E-state index in [9.17, 15) is 27.6 Å². The monoisotopic (exact) mass is 392 g/mol. The number of carbonyl (C=O) groups is 3. The van der Waals surface area contributed by atoms with E-state index < -0.39 is 46.8 Å². The highest BCUT2D eigenvalue weighted by Gasteiger charge is 2.37. The largest absolute Gasteiger partial charge is 0.465 e. The van der Waals surface area contributed by atoms with Crippen LogP contribution >= 0.6 is 0 Å². The summed E-state index contributed by atoms with van der Waals surface area (Å²) in [6.07, 6.45) is -0.188. The molecule has 146 valence electrons. The Morgan fingerprint density at radius 3 is 2.54 bits per heavy atom. The Bertz CT molecular complexity index is 964. The van der Waals surface area contributed by atoms with Crippen molar-refractivity contribution >= 4 is 29.2 Å². The van der Waals surface area contributed by atoms with E-state index in [1.807, 2.05) is 0 Å². The minimum absolute atomic E-state index is 0.0655. The summed E-state index contributed by atoms with van der Waals surface area (Å²) in [5.41, 5.74) is -0.0792. The van der Waals surface area contributed by atoms with Crippen LogP contribution in [0.2, 0.25) is 0 Å². The number of halogens is 3. The fourth-order valence-corrected chi connectivity index (χ4v) is 2.96. The van der Waals surface area contributed by atoms with E-state index in [4.69, 9.17) is 4.74 Å². The van der Waals surface area contributed by atoms with Gasteiger partial charge in [-0.05, 0) is 24.3 Å². The van der Waals surface area contributed by atoms with Gasteiger partial charge in [-0.15, -0.1) is 0 Å². The third-order valence-electron chi connectivity index (χ3n) is 4.39. The molecule has 1 N–H and O–H groups in total. The Morgan fingerprint density at radius 2 is 1.82 bits per heavy atom. The summed E-state index contributed by atoms with van der Waals surface area (Å²) in [7, 11) is 1.21. The van der Waals surface area contributed by atoms with Gasteiger partial charge in [-0.3, -0.25) is 9.59 Å². The van der Waals surface area contributed by atoms with Crippen molar-refractivity contribution in [2.45, 2.75) is 6.42 Å². The predicted molar refractivity (Wildman–Crippen MR) is 93.2 cm³/mol. The molecule has 1 fully saturated rings. The van der Waals surface area contributed by atoms with Crippen LogP contribution in [-0.2, 0) is 14.3 Å².